The van der Waals surface area contributed by atoms with Gasteiger partial charge in [-0.15, -0.1) is 0 Å². The van der Waals surface area contributed by atoms with Gasteiger partial charge in [-0.1, -0.05) is 20.8 Å². The molecule has 1 N–H and O–H groups in total. The van der Waals surface area contributed by atoms with Gasteiger partial charge in [-0.25, -0.2) is 0 Å². The van der Waals surface area contributed by atoms with E-state index < -0.39 is 0 Å². The van der Waals surface area contributed by atoms with Crippen molar-refractivity contribution in [3.8, 4) is 0 Å². The summed E-state index contributed by atoms with van der Waals surface area (Å²) in [4.78, 5) is 0. The lowest BCUT2D eigenvalue weighted by Crippen LogP contribution is -2.35. The zero-order valence-corrected chi connectivity index (χ0v) is 11.3. The minimum absolute atomic E-state index is 0.551. The molecule has 0 aromatic heterocycles. The van der Waals surface area contributed by atoms with E-state index in [0.717, 1.165) is 19.0 Å². The van der Waals surface area contributed by atoms with Gasteiger partial charge in [0.05, 0.1) is 12.2 Å². The molecule has 0 aromatic carbocycles. The fourth-order valence-corrected chi connectivity index (χ4v) is 2.57. The molecule has 96 valence electrons. The normalized spacial score (nSPS) is 31.7. The molecule has 2 rings (SSSR count). The van der Waals surface area contributed by atoms with Crippen LogP contribution in [0.5, 0.6) is 0 Å². The minimum Gasteiger partial charge on any atom is -0.375 e. The predicted octanol–water partition coefficient (Wildman–Crippen LogP) is 3.36. The van der Waals surface area contributed by atoms with Crippen molar-refractivity contribution >= 4 is 0 Å². The van der Waals surface area contributed by atoms with Crippen LogP contribution in [0.1, 0.15) is 59.3 Å². The Morgan fingerprint density at radius 1 is 0.812 bits per heavy atom. The van der Waals surface area contributed by atoms with Crippen LogP contribution >= 0.6 is 0 Å². The standard InChI is InChI=1S/C12H23NO.C2H6/c1-10-2-4-11(5-3-10)14-12-6-8-13-9-7-12;1-2/h10-13H,2-9H2,1H3;1-2H3. The largest absolute Gasteiger partial charge is 0.375 e. The Labute approximate surface area is 101 Å². The molecular weight excluding hydrogens is 198 g/mol. The molecule has 2 nitrogen and oxygen atoms in total. The van der Waals surface area contributed by atoms with Gasteiger partial charge in [0.1, 0.15) is 0 Å². The fourth-order valence-electron chi connectivity index (χ4n) is 2.57. The smallest absolute Gasteiger partial charge is 0.0603 e. The fraction of sp³-hybridized carbons (Fsp3) is 1.00. The number of piperidine rings is 1. The summed E-state index contributed by atoms with van der Waals surface area (Å²) < 4.78 is 6.14. The van der Waals surface area contributed by atoms with E-state index in [1.807, 2.05) is 13.8 Å². The van der Waals surface area contributed by atoms with Gasteiger partial charge in [0.15, 0.2) is 0 Å². The summed E-state index contributed by atoms with van der Waals surface area (Å²) in [6.07, 6.45) is 8.89. The van der Waals surface area contributed by atoms with E-state index in [9.17, 15) is 0 Å². The van der Waals surface area contributed by atoms with Crippen LogP contribution in [-0.2, 0) is 4.74 Å². The van der Waals surface area contributed by atoms with E-state index >= 15 is 0 Å². The highest BCUT2D eigenvalue weighted by atomic mass is 16.5. The molecule has 16 heavy (non-hydrogen) atoms. The molecule has 0 aromatic rings. The topological polar surface area (TPSA) is 21.3 Å². The molecule has 2 aliphatic rings. The molecule has 0 unspecified atom stereocenters. The van der Waals surface area contributed by atoms with Crippen molar-refractivity contribution in [1.29, 1.82) is 0 Å². The van der Waals surface area contributed by atoms with Gasteiger partial charge in [-0.05, 0) is 57.5 Å². The van der Waals surface area contributed by atoms with Gasteiger partial charge < -0.3 is 10.1 Å². The maximum Gasteiger partial charge on any atom is 0.0603 e. The average molecular weight is 227 g/mol. The highest BCUT2D eigenvalue weighted by Gasteiger charge is 2.22. The number of nitrogens with one attached hydrogen (secondary N) is 1. The molecule has 1 aliphatic carbocycles. The molecule has 1 aliphatic heterocycles. The highest BCUT2D eigenvalue weighted by molar-refractivity contribution is 4.74. The summed E-state index contributed by atoms with van der Waals surface area (Å²) in [6.45, 7) is 8.66. The zero-order chi connectivity index (χ0) is 11.8. The first-order chi connectivity index (χ1) is 7.84. The third-order valence-electron chi connectivity index (χ3n) is 3.63. The molecule has 1 saturated carbocycles. The summed E-state index contributed by atoms with van der Waals surface area (Å²) in [5.74, 6) is 0.933. The maximum absolute atomic E-state index is 6.14. The van der Waals surface area contributed by atoms with E-state index in [0.29, 0.717) is 12.2 Å². The molecule has 2 heteroatoms. The Morgan fingerprint density at radius 2 is 1.31 bits per heavy atom. The number of hydrogen-bond donors (Lipinski definition) is 1. The van der Waals surface area contributed by atoms with Crippen LogP contribution in [0, 0.1) is 5.92 Å². The minimum atomic E-state index is 0.551. The van der Waals surface area contributed by atoms with Crippen LogP contribution in [0.25, 0.3) is 0 Å². The molecule has 0 bridgehead atoms. The average Bonchev–Trinajstić information content (AvgIpc) is 2.36. The molecule has 0 amide bonds. The maximum atomic E-state index is 6.14. The van der Waals surface area contributed by atoms with Gasteiger partial charge in [0, 0.05) is 0 Å². The first-order valence-electron chi connectivity index (χ1n) is 7.21. The Hall–Kier alpha value is -0.0800. The lowest BCUT2D eigenvalue weighted by molar-refractivity contribution is -0.0470. The molecule has 0 spiro atoms. The summed E-state index contributed by atoms with van der Waals surface area (Å²) in [5, 5.41) is 3.38. The SMILES string of the molecule is CC.CC1CCC(OC2CCNCC2)CC1. The quantitative estimate of drug-likeness (QED) is 0.781. The van der Waals surface area contributed by atoms with Crippen molar-refractivity contribution in [3.63, 3.8) is 0 Å². The van der Waals surface area contributed by atoms with Gasteiger partial charge >= 0.3 is 0 Å². The molecule has 2 fully saturated rings. The second kappa shape index (κ2) is 8.08. The molecule has 1 saturated heterocycles. The highest BCUT2D eigenvalue weighted by Crippen LogP contribution is 2.27. The summed E-state index contributed by atoms with van der Waals surface area (Å²) >= 11 is 0. The van der Waals surface area contributed by atoms with E-state index in [4.69, 9.17) is 4.74 Å². The zero-order valence-electron chi connectivity index (χ0n) is 11.3. The molecule has 0 radical (unpaired) electrons. The lowest BCUT2D eigenvalue weighted by atomic mass is 9.89. The van der Waals surface area contributed by atoms with Crippen molar-refractivity contribution in [2.75, 3.05) is 13.1 Å². The summed E-state index contributed by atoms with van der Waals surface area (Å²) in [5.41, 5.74) is 0. The van der Waals surface area contributed by atoms with Crippen LogP contribution in [0.4, 0.5) is 0 Å². The Bertz CT molecular complexity index is 158. The van der Waals surface area contributed by atoms with Crippen molar-refractivity contribution in [2.24, 2.45) is 5.92 Å². The van der Waals surface area contributed by atoms with Crippen molar-refractivity contribution in [1.82, 2.24) is 5.32 Å². The van der Waals surface area contributed by atoms with Gasteiger partial charge in [0.2, 0.25) is 0 Å². The number of rotatable bonds is 2. The Kier molecular flexibility index (Phi) is 7.06. The van der Waals surface area contributed by atoms with Crippen LogP contribution in [0.15, 0.2) is 0 Å². The van der Waals surface area contributed by atoms with Gasteiger partial charge in [-0.2, -0.15) is 0 Å². The van der Waals surface area contributed by atoms with Crippen molar-refractivity contribution in [2.45, 2.75) is 71.5 Å². The second-order valence-corrected chi connectivity index (χ2v) is 4.97. The van der Waals surface area contributed by atoms with Crippen LogP contribution in [-0.4, -0.2) is 25.3 Å². The number of hydrogen-bond acceptors (Lipinski definition) is 2. The number of ether oxygens (including phenoxy) is 1. The van der Waals surface area contributed by atoms with Crippen LogP contribution in [0.3, 0.4) is 0 Å². The Balaban J connectivity index is 0.000000606. The monoisotopic (exact) mass is 227 g/mol. The van der Waals surface area contributed by atoms with E-state index in [2.05, 4.69) is 12.2 Å². The van der Waals surface area contributed by atoms with Crippen LogP contribution < -0.4 is 5.32 Å². The molecular formula is C14H29NO. The molecule has 0 atom stereocenters. The van der Waals surface area contributed by atoms with Crippen LogP contribution in [0.2, 0.25) is 0 Å². The van der Waals surface area contributed by atoms with Crippen molar-refractivity contribution < 1.29 is 4.74 Å². The first kappa shape index (κ1) is 14.0. The predicted molar refractivity (Wildman–Crippen MR) is 69.7 cm³/mol. The van der Waals surface area contributed by atoms with Gasteiger partial charge in [-0.3, -0.25) is 0 Å². The first-order valence-corrected chi connectivity index (χ1v) is 7.21. The Morgan fingerprint density at radius 3 is 1.88 bits per heavy atom. The summed E-state index contributed by atoms with van der Waals surface area (Å²) in [6, 6.07) is 0. The third-order valence-corrected chi connectivity index (χ3v) is 3.63. The van der Waals surface area contributed by atoms with Crippen molar-refractivity contribution in [3.05, 3.63) is 0 Å². The third kappa shape index (κ3) is 4.84. The van der Waals surface area contributed by atoms with E-state index in [1.54, 1.807) is 0 Å². The van der Waals surface area contributed by atoms with E-state index in [1.165, 1.54) is 38.5 Å². The molecule has 1 heterocycles. The lowest BCUT2D eigenvalue weighted by Gasteiger charge is -2.32. The van der Waals surface area contributed by atoms with Gasteiger partial charge in [0.25, 0.3) is 0 Å². The second-order valence-electron chi connectivity index (χ2n) is 4.97. The van der Waals surface area contributed by atoms with E-state index in [-0.39, 0.29) is 0 Å². The summed E-state index contributed by atoms with van der Waals surface area (Å²) in [7, 11) is 0.